The second-order valence-electron chi connectivity index (χ2n) is 2.73. The number of rotatable bonds is 11. The minimum absolute atomic E-state index is 0.0168. The Labute approximate surface area is 94.4 Å². The normalized spacial score (nSPS) is 10.3. The van der Waals surface area contributed by atoms with Crippen molar-refractivity contribution in [2.45, 2.75) is 0 Å². The second kappa shape index (κ2) is 12.2. The Bertz CT molecular complexity index is 166. The molecule has 1 amide bonds. The maximum Gasteiger partial charge on any atom is 0.404 e. The first kappa shape index (κ1) is 15.1. The van der Waals surface area contributed by atoms with Crippen LogP contribution in [0.1, 0.15) is 0 Å². The summed E-state index contributed by atoms with van der Waals surface area (Å²) in [6, 6.07) is 0. The van der Waals surface area contributed by atoms with Crippen LogP contribution in [0.15, 0.2) is 0 Å². The van der Waals surface area contributed by atoms with E-state index in [0.29, 0.717) is 39.6 Å². The summed E-state index contributed by atoms with van der Waals surface area (Å²) in [5, 5.41) is 8.40. The van der Waals surface area contributed by atoms with E-state index < -0.39 is 6.09 Å². The van der Waals surface area contributed by atoms with Gasteiger partial charge in [0.05, 0.1) is 46.2 Å². The van der Waals surface area contributed by atoms with Gasteiger partial charge in [-0.3, -0.25) is 0 Å². The molecule has 0 heterocycles. The molecule has 0 aromatic carbocycles. The van der Waals surface area contributed by atoms with Gasteiger partial charge in [0.2, 0.25) is 0 Å². The smallest absolute Gasteiger partial charge is 0.404 e. The molecule has 0 aliphatic rings. The summed E-state index contributed by atoms with van der Waals surface area (Å²) in [6.45, 7) is 2.56. The summed E-state index contributed by atoms with van der Waals surface area (Å²) >= 11 is 0. The molecule has 96 valence electrons. The van der Waals surface area contributed by atoms with Crippen LogP contribution in [0.25, 0.3) is 0 Å². The lowest BCUT2D eigenvalue weighted by molar-refractivity contribution is 0.00116. The minimum atomic E-state index is -0.805. The molecule has 0 rings (SSSR count). The van der Waals surface area contributed by atoms with E-state index in [1.165, 1.54) is 0 Å². The molecule has 0 aromatic heterocycles. The van der Waals surface area contributed by atoms with E-state index in [2.05, 4.69) is 4.74 Å². The monoisotopic (exact) mass is 237 g/mol. The Morgan fingerprint density at radius 3 is 1.75 bits per heavy atom. The summed E-state index contributed by atoms with van der Waals surface area (Å²) in [5.74, 6) is 0. The predicted octanol–water partition coefficient (Wildman–Crippen LogP) is -0.876. The van der Waals surface area contributed by atoms with Gasteiger partial charge in [0.15, 0.2) is 0 Å². The van der Waals surface area contributed by atoms with Gasteiger partial charge in [-0.2, -0.15) is 0 Å². The molecule has 0 aromatic rings. The van der Waals surface area contributed by atoms with E-state index in [-0.39, 0.29) is 13.2 Å². The third-order valence-electron chi connectivity index (χ3n) is 1.45. The summed E-state index contributed by atoms with van der Waals surface area (Å²) in [5.41, 5.74) is 4.74. The predicted molar refractivity (Wildman–Crippen MR) is 55.1 cm³/mol. The van der Waals surface area contributed by atoms with E-state index >= 15 is 0 Å². The Morgan fingerprint density at radius 2 is 1.31 bits per heavy atom. The van der Waals surface area contributed by atoms with Crippen molar-refractivity contribution in [3.05, 3.63) is 0 Å². The van der Waals surface area contributed by atoms with Crippen molar-refractivity contribution >= 4 is 6.09 Å². The summed E-state index contributed by atoms with van der Waals surface area (Å²) < 4.78 is 19.6. The topological polar surface area (TPSA) is 100 Å². The van der Waals surface area contributed by atoms with Crippen LogP contribution in [0, 0.1) is 0 Å². The first-order chi connectivity index (χ1) is 7.77. The van der Waals surface area contributed by atoms with Gasteiger partial charge in [-0.1, -0.05) is 0 Å². The van der Waals surface area contributed by atoms with Gasteiger partial charge in [-0.15, -0.1) is 0 Å². The lowest BCUT2D eigenvalue weighted by atomic mass is 10.7. The molecule has 7 nitrogen and oxygen atoms in total. The van der Waals surface area contributed by atoms with Crippen molar-refractivity contribution < 1.29 is 28.8 Å². The molecule has 0 saturated carbocycles. The molecule has 3 N–H and O–H groups in total. The molecule has 0 radical (unpaired) electrons. The number of hydrogen-bond acceptors (Lipinski definition) is 6. The molecular formula is C9H19NO6. The fraction of sp³-hybridized carbons (Fsp3) is 0.889. The summed E-state index contributed by atoms with van der Waals surface area (Å²) in [7, 11) is 0. The maximum absolute atomic E-state index is 10.1. The van der Waals surface area contributed by atoms with Crippen LogP contribution in [0.2, 0.25) is 0 Å². The molecule has 0 aliphatic carbocycles. The first-order valence-electron chi connectivity index (χ1n) is 5.03. The van der Waals surface area contributed by atoms with Crippen LogP contribution in [-0.2, 0) is 18.9 Å². The van der Waals surface area contributed by atoms with Crippen molar-refractivity contribution in [3.63, 3.8) is 0 Å². The highest BCUT2D eigenvalue weighted by atomic mass is 16.6. The Morgan fingerprint density at radius 1 is 0.875 bits per heavy atom. The zero-order valence-corrected chi connectivity index (χ0v) is 9.22. The second-order valence-corrected chi connectivity index (χ2v) is 2.73. The van der Waals surface area contributed by atoms with Crippen LogP contribution in [0.4, 0.5) is 4.79 Å². The molecule has 7 heteroatoms. The van der Waals surface area contributed by atoms with Gasteiger partial charge in [0, 0.05) is 0 Å². The quantitative estimate of drug-likeness (QED) is 0.453. The molecule has 0 unspecified atom stereocenters. The van der Waals surface area contributed by atoms with Crippen LogP contribution in [-0.4, -0.2) is 64.1 Å². The average molecular weight is 237 g/mol. The average Bonchev–Trinajstić information content (AvgIpc) is 2.25. The van der Waals surface area contributed by atoms with Crippen molar-refractivity contribution in [2.24, 2.45) is 5.73 Å². The minimum Gasteiger partial charge on any atom is -0.447 e. The number of amides is 1. The van der Waals surface area contributed by atoms with Crippen LogP contribution in [0.5, 0.6) is 0 Å². The number of carbonyl (C=O) groups is 1. The first-order valence-corrected chi connectivity index (χ1v) is 5.03. The van der Waals surface area contributed by atoms with Crippen LogP contribution < -0.4 is 5.73 Å². The zero-order valence-electron chi connectivity index (χ0n) is 9.22. The Balaban J connectivity index is 2.90. The van der Waals surface area contributed by atoms with Gasteiger partial charge >= 0.3 is 6.09 Å². The van der Waals surface area contributed by atoms with Gasteiger partial charge in [-0.05, 0) is 0 Å². The Hall–Kier alpha value is -0.890. The van der Waals surface area contributed by atoms with Gasteiger partial charge in [0.1, 0.15) is 6.61 Å². The molecule has 0 fully saturated rings. The third-order valence-corrected chi connectivity index (χ3v) is 1.45. The number of hydrogen-bond donors (Lipinski definition) is 2. The third kappa shape index (κ3) is 13.1. The molecule has 0 bridgehead atoms. The zero-order chi connectivity index (χ0) is 12.1. The highest BCUT2D eigenvalue weighted by molar-refractivity contribution is 5.64. The van der Waals surface area contributed by atoms with Gasteiger partial charge in [-0.25, -0.2) is 4.79 Å². The number of carbonyl (C=O) groups excluding carboxylic acids is 1. The SMILES string of the molecule is NC(=O)OCCOCCOCCOCCO. The van der Waals surface area contributed by atoms with E-state index in [0.717, 1.165) is 0 Å². The molecular weight excluding hydrogens is 218 g/mol. The van der Waals surface area contributed by atoms with E-state index in [4.69, 9.17) is 25.1 Å². The number of aliphatic hydroxyl groups excluding tert-OH is 1. The molecule has 16 heavy (non-hydrogen) atoms. The van der Waals surface area contributed by atoms with Crippen molar-refractivity contribution in [3.8, 4) is 0 Å². The lowest BCUT2D eigenvalue weighted by Gasteiger charge is -2.06. The van der Waals surface area contributed by atoms with Crippen molar-refractivity contribution in [1.82, 2.24) is 0 Å². The lowest BCUT2D eigenvalue weighted by Crippen LogP contribution is -2.17. The van der Waals surface area contributed by atoms with Crippen molar-refractivity contribution in [1.29, 1.82) is 0 Å². The highest BCUT2D eigenvalue weighted by Crippen LogP contribution is 1.82. The van der Waals surface area contributed by atoms with E-state index in [1.54, 1.807) is 0 Å². The van der Waals surface area contributed by atoms with Gasteiger partial charge < -0.3 is 29.8 Å². The molecule has 0 spiro atoms. The number of nitrogens with two attached hydrogens (primary N) is 1. The van der Waals surface area contributed by atoms with E-state index in [9.17, 15) is 4.79 Å². The fourth-order valence-electron chi connectivity index (χ4n) is 0.808. The summed E-state index contributed by atoms with van der Waals surface area (Å²) in [6.07, 6.45) is -0.805. The largest absolute Gasteiger partial charge is 0.447 e. The fourth-order valence-corrected chi connectivity index (χ4v) is 0.808. The van der Waals surface area contributed by atoms with Crippen molar-refractivity contribution in [2.75, 3.05) is 52.9 Å². The highest BCUT2D eigenvalue weighted by Gasteiger charge is 1.94. The molecule has 0 atom stereocenters. The standard InChI is InChI=1S/C9H19NO6/c10-9(12)16-8-7-15-6-5-14-4-3-13-2-1-11/h11H,1-8H2,(H2,10,12). The van der Waals surface area contributed by atoms with Crippen LogP contribution in [0.3, 0.4) is 0 Å². The number of aliphatic hydroxyl groups is 1. The number of ether oxygens (including phenoxy) is 4. The maximum atomic E-state index is 10.1. The molecule has 0 saturated heterocycles. The number of primary amides is 1. The summed E-state index contributed by atoms with van der Waals surface area (Å²) in [4.78, 5) is 10.1. The van der Waals surface area contributed by atoms with E-state index in [1.807, 2.05) is 0 Å². The van der Waals surface area contributed by atoms with Gasteiger partial charge in [0.25, 0.3) is 0 Å². The molecule has 0 aliphatic heterocycles. The van der Waals surface area contributed by atoms with Crippen LogP contribution >= 0.6 is 0 Å². The Kier molecular flexibility index (Phi) is 11.5.